The second kappa shape index (κ2) is 9.43. The van der Waals surface area contributed by atoms with Crippen molar-refractivity contribution in [1.82, 2.24) is 25.1 Å². The number of fused-ring (bicyclic) bond motifs is 1. The van der Waals surface area contributed by atoms with Crippen molar-refractivity contribution in [3.05, 3.63) is 71.9 Å². The Bertz CT molecular complexity index is 1360. The number of morpholine rings is 1. The van der Waals surface area contributed by atoms with Gasteiger partial charge in [0.2, 0.25) is 0 Å². The van der Waals surface area contributed by atoms with Crippen molar-refractivity contribution in [2.24, 2.45) is 0 Å². The van der Waals surface area contributed by atoms with Crippen LogP contribution in [-0.4, -0.2) is 57.3 Å². The maximum atomic E-state index is 12.9. The predicted molar refractivity (Wildman–Crippen MR) is 123 cm³/mol. The van der Waals surface area contributed by atoms with Gasteiger partial charge in [0.15, 0.2) is 5.69 Å². The molecule has 1 saturated heterocycles. The lowest BCUT2D eigenvalue weighted by Gasteiger charge is -2.26. The average molecular weight is 482 g/mol. The largest absolute Gasteiger partial charge is 0.433 e. The van der Waals surface area contributed by atoms with Crippen molar-refractivity contribution < 1.29 is 22.7 Å². The molecule has 1 aliphatic rings. The molecule has 4 heterocycles. The Morgan fingerprint density at radius 2 is 1.91 bits per heavy atom. The zero-order valence-electron chi connectivity index (χ0n) is 18.5. The fourth-order valence-corrected chi connectivity index (χ4v) is 3.97. The van der Waals surface area contributed by atoms with E-state index in [1.807, 2.05) is 18.3 Å². The van der Waals surface area contributed by atoms with Crippen molar-refractivity contribution in [1.29, 1.82) is 0 Å². The highest BCUT2D eigenvalue weighted by Gasteiger charge is 2.32. The molecular formula is C24H21F3N6O2. The lowest BCUT2D eigenvalue weighted by Crippen LogP contribution is -2.35. The Labute approximate surface area is 198 Å². The number of carbonyl (C=O) groups is 1. The first-order valence-corrected chi connectivity index (χ1v) is 10.9. The summed E-state index contributed by atoms with van der Waals surface area (Å²) in [5.74, 6) is -0.632. The van der Waals surface area contributed by atoms with Crippen molar-refractivity contribution >= 4 is 22.5 Å². The number of hydrogen-bond acceptors (Lipinski definition) is 6. The van der Waals surface area contributed by atoms with Crippen LogP contribution >= 0.6 is 0 Å². The molecule has 1 aromatic carbocycles. The van der Waals surface area contributed by atoms with Gasteiger partial charge in [-0.25, -0.2) is 0 Å². The molecule has 2 N–H and O–H groups in total. The summed E-state index contributed by atoms with van der Waals surface area (Å²) in [5, 5.41) is 9.90. The van der Waals surface area contributed by atoms with Crippen LogP contribution in [0.4, 0.5) is 18.9 Å². The van der Waals surface area contributed by atoms with Crippen molar-refractivity contribution in [3.8, 4) is 11.1 Å². The summed E-state index contributed by atoms with van der Waals surface area (Å²) in [6.45, 7) is 3.92. The standard InChI is InChI=1S/C24H21F3N6O2/c25-24(26,27)21-11-18(3-4-29-21)30-23(34)22-19-10-16(1-2-20(19)31-32-22)17-9-15(12-28-13-17)14-33-5-7-35-8-6-33/h1-4,9-13H,5-8,14H2,(H,31,32)(H,29,30,34). The minimum absolute atomic E-state index is 0.0235. The van der Waals surface area contributed by atoms with Crippen LogP contribution < -0.4 is 5.32 Å². The Morgan fingerprint density at radius 3 is 2.71 bits per heavy atom. The van der Waals surface area contributed by atoms with E-state index in [-0.39, 0.29) is 11.4 Å². The minimum Gasteiger partial charge on any atom is -0.379 e. The zero-order valence-corrected chi connectivity index (χ0v) is 18.5. The summed E-state index contributed by atoms with van der Waals surface area (Å²) in [5.41, 5.74) is 2.37. The number of nitrogens with zero attached hydrogens (tertiary/aromatic N) is 4. The normalized spacial score (nSPS) is 14.8. The third kappa shape index (κ3) is 5.15. The molecule has 1 amide bonds. The lowest BCUT2D eigenvalue weighted by atomic mass is 10.0. The van der Waals surface area contributed by atoms with Crippen LogP contribution in [0.5, 0.6) is 0 Å². The van der Waals surface area contributed by atoms with Crippen LogP contribution in [0.25, 0.3) is 22.0 Å². The molecule has 4 aromatic rings. The van der Waals surface area contributed by atoms with E-state index in [0.29, 0.717) is 24.1 Å². The number of nitrogens with one attached hydrogen (secondary N) is 2. The molecule has 5 rings (SSSR count). The number of halogens is 3. The first-order chi connectivity index (χ1) is 16.9. The number of benzene rings is 1. The van der Waals surface area contributed by atoms with Gasteiger partial charge < -0.3 is 10.1 Å². The molecule has 35 heavy (non-hydrogen) atoms. The second-order valence-corrected chi connectivity index (χ2v) is 8.18. The maximum Gasteiger partial charge on any atom is 0.433 e. The quantitative estimate of drug-likeness (QED) is 0.444. The Morgan fingerprint density at radius 1 is 1.09 bits per heavy atom. The van der Waals surface area contributed by atoms with Gasteiger partial charge in [0.05, 0.1) is 18.7 Å². The number of aromatic amines is 1. The summed E-state index contributed by atoms with van der Waals surface area (Å²) in [7, 11) is 0. The van der Waals surface area contributed by atoms with E-state index in [9.17, 15) is 18.0 Å². The van der Waals surface area contributed by atoms with Gasteiger partial charge in [-0.2, -0.15) is 18.3 Å². The third-order valence-corrected chi connectivity index (χ3v) is 5.72. The molecule has 0 atom stereocenters. The predicted octanol–water partition coefficient (Wildman–Crippen LogP) is 4.12. The molecule has 8 nitrogen and oxygen atoms in total. The number of aromatic nitrogens is 4. The number of pyridine rings is 2. The zero-order chi connectivity index (χ0) is 24.4. The molecule has 0 aliphatic carbocycles. The van der Waals surface area contributed by atoms with Gasteiger partial charge in [-0.3, -0.25) is 24.8 Å². The third-order valence-electron chi connectivity index (χ3n) is 5.72. The van der Waals surface area contributed by atoms with Crippen molar-refractivity contribution in [3.63, 3.8) is 0 Å². The van der Waals surface area contributed by atoms with Gasteiger partial charge in [-0.15, -0.1) is 0 Å². The Balaban J connectivity index is 1.39. The SMILES string of the molecule is O=C(Nc1ccnc(C(F)(F)F)c1)c1n[nH]c2ccc(-c3cncc(CN4CCOCC4)c3)cc12. The molecule has 0 unspecified atom stereocenters. The first kappa shape index (κ1) is 22.9. The van der Waals surface area contributed by atoms with Crippen molar-refractivity contribution in [2.45, 2.75) is 12.7 Å². The van der Waals surface area contributed by atoms with Crippen LogP contribution in [0.15, 0.2) is 55.0 Å². The van der Waals surface area contributed by atoms with E-state index < -0.39 is 17.8 Å². The van der Waals surface area contributed by atoms with Gasteiger partial charge in [0, 0.05) is 54.9 Å². The molecule has 11 heteroatoms. The number of carbonyl (C=O) groups excluding carboxylic acids is 1. The highest BCUT2D eigenvalue weighted by atomic mass is 19.4. The number of amides is 1. The van der Waals surface area contributed by atoms with E-state index in [2.05, 4.69) is 36.4 Å². The molecule has 180 valence electrons. The summed E-state index contributed by atoms with van der Waals surface area (Å²) >= 11 is 0. The average Bonchev–Trinajstić information content (AvgIpc) is 3.28. The second-order valence-electron chi connectivity index (χ2n) is 8.18. The number of hydrogen-bond donors (Lipinski definition) is 2. The number of ether oxygens (including phenoxy) is 1. The minimum atomic E-state index is -4.61. The Hall–Kier alpha value is -3.83. The molecule has 0 saturated carbocycles. The smallest absolute Gasteiger partial charge is 0.379 e. The summed E-state index contributed by atoms with van der Waals surface area (Å²) < 4.78 is 44.2. The van der Waals surface area contributed by atoms with Crippen molar-refractivity contribution in [2.75, 3.05) is 31.6 Å². The number of H-pyrrole nitrogens is 1. The van der Waals surface area contributed by atoms with Crippen LogP contribution in [0.3, 0.4) is 0 Å². The highest BCUT2D eigenvalue weighted by Crippen LogP contribution is 2.30. The lowest BCUT2D eigenvalue weighted by molar-refractivity contribution is -0.141. The van der Waals surface area contributed by atoms with Gasteiger partial charge in [-0.05, 0) is 41.5 Å². The molecule has 0 bridgehead atoms. The number of alkyl halides is 3. The van der Waals surface area contributed by atoms with Crippen LogP contribution in [0.2, 0.25) is 0 Å². The van der Waals surface area contributed by atoms with E-state index >= 15 is 0 Å². The first-order valence-electron chi connectivity index (χ1n) is 10.9. The van der Waals surface area contributed by atoms with Gasteiger partial charge >= 0.3 is 6.18 Å². The van der Waals surface area contributed by atoms with Crippen LogP contribution in [0.1, 0.15) is 21.7 Å². The van der Waals surface area contributed by atoms with Gasteiger partial charge in [0.1, 0.15) is 5.69 Å². The van der Waals surface area contributed by atoms with E-state index in [1.54, 1.807) is 12.3 Å². The molecular weight excluding hydrogens is 461 g/mol. The van der Waals surface area contributed by atoms with E-state index in [1.165, 1.54) is 6.07 Å². The fourth-order valence-electron chi connectivity index (χ4n) is 3.97. The molecule has 1 fully saturated rings. The Kier molecular flexibility index (Phi) is 6.18. The molecule has 0 spiro atoms. The monoisotopic (exact) mass is 482 g/mol. The fraction of sp³-hybridized carbons (Fsp3) is 0.250. The molecule has 3 aromatic heterocycles. The number of rotatable bonds is 5. The summed E-state index contributed by atoms with van der Waals surface area (Å²) in [6, 6.07) is 9.65. The van der Waals surface area contributed by atoms with E-state index in [0.717, 1.165) is 48.6 Å². The highest BCUT2D eigenvalue weighted by molar-refractivity contribution is 6.11. The van der Waals surface area contributed by atoms with Gasteiger partial charge in [-0.1, -0.05) is 6.07 Å². The molecule has 1 aliphatic heterocycles. The topological polar surface area (TPSA) is 96.0 Å². The maximum absolute atomic E-state index is 12.9. The summed E-state index contributed by atoms with van der Waals surface area (Å²) in [4.78, 5) is 22.8. The van der Waals surface area contributed by atoms with Crippen LogP contribution in [0, 0.1) is 0 Å². The van der Waals surface area contributed by atoms with Crippen LogP contribution in [-0.2, 0) is 17.5 Å². The summed E-state index contributed by atoms with van der Waals surface area (Å²) in [6.07, 6.45) is -0.0350. The number of anilines is 1. The van der Waals surface area contributed by atoms with E-state index in [4.69, 9.17) is 4.74 Å². The molecule has 0 radical (unpaired) electrons. The van der Waals surface area contributed by atoms with Gasteiger partial charge in [0.25, 0.3) is 5.91 Å².